The second kappa shape index (κ2) is 7.56. The van der Waals surface area contributed by atoms with Crippen molar-refractivity contribution in [3.05, 3.63) is 15.6 Å². The van der Waals surface area contributed by atoms with Gasteiger partial charge < -0.3 is 5.32 Å². The minimum Gasteiger partial charge on any atom is -0.313 e. The van der Waals surface area contributed by atoms with Gasteiger partial charge >= 0.3 is 0 Å². The lowest BCUT2D eigenvalue weighted by Gasteiger charge is -2.24. The van der Waals surface area contributed by atoms with E-state index in [1.165, 1.54) is 47.7 Å². The first kappa shape index (κ1) is 16.0. The SMILES string of the molecule is CCCNC(Cc1nc(C)c(C)s1)C1CCC(CC)C1. The monoisotopic (exact) mass is 294 g/mol. The largest absolute Gasteiger partial charge is 0.313 e. The molecule has 0 radical (unpaired) electrons. The van der Waals surface area contributed by atoms with Gasteiger partial charge in [0.15, 0.2) is 0 Å². The molecule has 0 saturated heterocycles. The highest BCUT2D eigenvalue weighted by molar-refractivity contribution is 7.11. The van der Waals surface area contributed by atoms with Crippen LogP contribution in [0.3, 0.4) is 0 Å². The van der Waals surface area contributed by atoms with Crippen LogP contribution < -0.4 is 5.32 Å². The van der Waals surface area contributed by atoms with Crippen LogP contribution in [0.4, 0.5) is 0 Å². The van der Waals surface area contributed by atoms with E-state index in [2.05, 4.69) is 33.0 Å². The Labute approximate surface area is 128 Å². The third kappa shape index (κ3) is 4.05. The van der Waals surface area contributed by atoms with E-state index in [-0.39, 0.29) is 0 Å². The van der Waals surface area contributed by atoms with Gasteiger partial charge in [0.25, 0.3) is 0 Å². The van der Waals surface area contributed by atoms with Gasteiger partial charge in [0.2, 0.25) is 0 Å². The molecule has 0 aromatic carbocycles. The number of rotatable bonds is 7. The molecule has 1 aliphatic carbocycles. The van der Waals surface area contributed by atoms with Gasteiger partial charge in [-0.05, 0) is 51.5 Å². The molecule has 1 fully saturated rings. The highest BCUT2D eigenvalue weighted by Crippen LogP contribution is 2.36. The Balaban J connectivity index is 1.99. The van der Waals surface area contributed by atoms with Gasteiger partial charge in [-0.1, -0.05) is 26.7 Å². The Morgan fingerprint density at radius 1 is 1.30 bits per heavy atom. The molecule has 0 bridgehead atoms. The number of nitrogens with one attached hydrogen (secondary N) is 1. The van der Waals surface area contributed by atoms with Crippen LogP contribution in [-0.2, 0) is 6.42 Å². The van der Waals surface area contributed by atoms with Gasteiger partial charge in [-0.25, -0.2) is 4.98 Å². The summed E-state index contributed by atoms with van der Waals surface area (Å²) < 4.78 is 0. The zero-order valence-electron chi connectivity index (χ0n) is 13.5. The summed E-state index contributed by atoms with van der Waals surface area (Å²) >= 11 is 1.89. The fraction of sp³-hybridized carbons (Fsp3) is 0.824. The van der Waals surface area contributed by atoms with Gasteiger partial charge in [-0.3, -0.25) is 0 Å². The summed E-state index contributed by atoms with van der Waals surface area (Å²) in [6.07, 6.45) is 7.95. The Hall–Kier alpha value is -0.410. The Kier molecular flexibility index (Phi) is 6.03. The van der Waals surface area contributed by atoms with E-state index >= 15 is 0 Å². The number of hydrogen-bond donors (Lipinski definition) is 1. The molecule has 1 N–H and O–H groups in total. The summed E-state index contributed by atoms with van der Waals surface area (Å²) in [5, 5.41) is 5.13. The summed E-state index contributed by atoms with van der Waals surface area (Å²) in [6.45, 7) is 10.1. The van der Waals surface area contributed by atoms with Gasteiger partial charge in [0, 0.05) is 17.3 Å². The molecule has 3 heteroatoms. The summed E-state index contributed by atoms with van der Waals surface area (Å²) in [6, 6.07) is 0.636. The van der Waals surface area contributed by atoms with Crippen LogP contribution in [0.25, 0.3) is 0 Å². The summed E-state index contributed by atoms with van der Waals surface area (Å²) in [5.41, 5.74) is 1.22. The molecule has 2 rings (SSSR count). The first-order chi connectivity index (χ1) is 9.63. The minimum atomic E-state index is 0.636. The highest BCUT2D eigenvalue weighted by atomic mass is 32.1. The average Bonchev–Trinajstić information content (AvgIpc) is 3.02. The first-order valence-corrected chi connectivity index (χ1v) is 9.11. The lowest BCUT2D eigenvalue weighted by atomic mass is 9.93. The van der Waals surface area contributed by atoms with Crippen LogP contribution in [0.15, 0.2) is 0 Å². The molecule has 1 aliphatic rings. The molecule has 3 atom stereocenters. The van der Waals surface area contributed by atoms with Crippen molar-refractivity contribution < 1.29 is 0 Å². The third-order valence-electron chi connectivity index (χ3n) is 4.85. The number of thiazole rings is 1. The number of hydrogen-bond acceptors (Lipinski definition) is 3. The quantitative estimate of drug-likeness (QED) is 0.801. The van der Waals surface area contributed by atoms with E-state index in [1.54, 1.807) is 0 Å². The van der Waals surface area contributed by atoms with Gasteiger partial charge in [0.05, 0.1) is 10.7 Å². The molecule has 114 valence electrons. The highest BCUT2D eigenvalue weighted by Gasteiger charge is 2.30. The lowest BCUT2D eigenvalue weighted by Crippen LogP contribution is -2.37. The second-order valence-corrected chi connectivity index (χ2v) is 7.65. The van der Waals surface area contributed by atoms with Crippen molar-refractivity contribution in [2.24, 2.45) is 11.8 Å². The molecule has 1 aromatic heterocycles. The molecule has 3 unspecified atom stereocenters. The average molecular weight is 295 g/mol. The molecule has 0 amide bonds. The van der Waals surface area contributed by atoms with Crippen LogP contribution in [0.2, 0.25) is 0 Å². The topological polar surface area (TPSA) is 24.9 Å². The van der Waals surface area contributed by atoms with E-state index in [1.807, 2.05) is 11.3 Å². The van der Waals surface area contributed by atoms with Crippen molar-refractivity contribution in [2.75, 3.05) is 6.54 Å². The van der Waals surface area contributed by atoms with E-state index in [4.69, 9.17) is 4.98 Å². The van der Waals surface area contributed by atoms with E-state index in [0.717, 1.165) is 24.8 Å². The first-order valence-electron chi connectivity index (χ1n) is 8.30. The zero-order valence-corrected chi connectivity index (χ0v) is 14.4. The van der Waals surface area contributed by atoms with Crippen LogP contribution in [0, 0.1) is 25.7 Å². The van der Waals surface area contributed by atoms with Gasteiger partial charge in [-0.2, -0.15) is 0 Å². The normalized spacial score (nSPS) is 24.2. The van der Waals surface area contributed by atoms with Crippen LogP contribution in [0.1, 0.15) is 61.5 Å². The van der Waals surface area contributed by atoms with Crippen molar-refractivity contribution in [3.63, 3.8) is 0 Å². The van der Waals surface area contributed by atoms with Crippen LogP contribution in [0.5, 0.6) is 0 Å². The molecule has 2 nitrogen and oxygen atoms in total. The predicted octanol–water partition coefficient (Wildman–Crippen LogP) is 4.50. The molecule has 20 heavy (non-hydrogen) atoms. The van der Waals surface area contributed by atoms with Crippen molar-refractivity contribution in [1.82, 2.24) is 10.3 Å². The Morgan fingerprint density at radius 3 is 2.65 bits per heavy atom. The maximum atomic E-state index is 4.75. The number of aryl methyl sites for hydroxylation is 2. The van der Waals surface area contributed by atoms with E-state index < -0.39 is 0 Å². The van der Waals surface area contributed by atoms with Crippen LogP contribution in [-0.4, -0.2) is 17.6 Å². The van der Waals surface area contributed by atoms with E-state index in [0.29, 0.717) is 6.04 Å². The fourth-order valence-corrected chi connectivity index (χ4v) is 4.39. The predicted molar refractivity (Wildman–Crippen MR) is 88.5 cm³/mol. The van der Waals surface area contributed by atoms with Crippen molar-refractivity contribution >= 4 is 11.3 Å². The van der Waals surface area contributed by atoms with Crippen molar-refractivity contribution in [2.45, 2.75) is 72.3 Å². The summed E-state index contributed by atoms with van der Waals surface area (Å²) in [7, 11) is 0. The smallest absolute Gasteiger partial charge is 0.0946 e. The standard InChI is InChI=1S/C17H30N2S/c1-5-9-18-16(15-8-7-14(6-2)10-15)11-17-19-12(3)13(4)20-17/h14-16,18H,5-11H2,1-4H3. The van der Waals surface area contributed by atoms with Crippen LogP contribution >= 0.6 is 11.3 Å². The molecule has 1 saturated carbocycles. The molecule has 0 spiro atoms. The summed E-state index contributed by atoms with van der Waals surface area (Å²) in [4.78, 5) is 6.13. The van der Waals surface area contributed by atoms with Crippen molar-refractivity contribution in [3.8, 4) is 0 Å². The summed E-state index contributed by atoms with van der Waals surface area (Å²) in [5.74, 6) is 1.82. The Morgan fingerprint density at radius 2 is 2.10 bits per heavy atom. The fourth-order valence-electron chi connectivity index (χ4n) is 3.40. The molecule has 1 aromatic rings. The lowest BCUT2D eigenvalue weighted by molar-refractivity contribution is 0.343. The zero-order chi connectivity index (χ0) is 14.5. The maximum absolute atomic E-state index is 4.75. The Bertz CT molecular complexity index is 394. The minimum absolute atomic E-state index is 0.636. The van der Waals surface area contributed by atoms with E-state index in [9.17, 15) is 0 Å². The molecule has 1 heterocycles. The van der Waals surface area contributed by atoms with Gasteiger partial charge in [0.1, 0.15) is 0 Å². The molecule has 0 aliphatic heterocycles. The maximum Gasteiger partial charge on any atom is 0.0946 e. The molecular weight excluding hydrogens is 264 g/mol. The number of aromatic nitrogens is 1. The number of nitrogens with zero attached hydrogens (tertiary/aromatic N) is 1. The van der Waals surface area contributed by atoms with Crippen molar-refractivity contribution in [1.29, 1.82) is 0 Å². The third-order valence-corrected chi connectivity index (χ3v) is 5.95. The second-order valence-electron chi connectivity index (χ2n) is 6.36. The van der Waals surface area contributed by atoms with Gasteiger partial charge in [-0.15, -0.1) is 11.3 Å². The molecular formula is C17H30N2S.